The third kappa shape index (κ3) is 6.39. The second-order valence-electron chi connectivity index (χ2n) is 10.1. The molecule has 0 unspecified atom stereocenters. The lowest BCUT2D eigenvalue weighted by molar-refractivity contribution is -0.137. The predicted molar refractivity (Wildman–Crippen MR) is 158 cm³/mol. The number of hydrogen-bond donors (Lipinski definition) is 1. The number of benzene rings is 3. The zero-order chi connectivity index (χ0) is 29.0. The molecular weight excluding hydrogens is 530 g/mol. The van der Waals surface area contributed by atoms with Gasteiger partial charge >= 0.3 is 5.97 Å². The number of rotatable bonds is 9. The minimum atomic E-state index is -0.880. The fourth-order valence-electron chi connectivity index (χ4n) is 5.09. The quantitative estimate of drug-likeness (QED) is 0.313. The van der Waals surface area contributed by atoms with E-state index in [0.717, 1.165) is 11.3 Å². The zero-order valence-corrected chi connectivity index (χ0v) is 23.9. The Bertz CT molecular complexity index is 1370. The number of halogens is 1. The van der Waals surface area contributed by atoms with Gasteiger partial charge in [0.05, 0.1) is 18.3 Å². The van der Waals surface area contributed by atoms with Crippen molar-refractivity contribution in [3.05, 3.63) is 82.9 Å². The van der Waals surface area contributed by atoms with Gasteiger partial charge in [-0.2, -0.15) is 0 Å². The van der Waals surface area contributed by atoms with Crippen molar-refractivity contribution in [1.29, 1.82) is 0 Å². The van der Waals surface area contributed by atoms with Gasteiger partial charge in [0, 0.05) is 61.5 Å². The SMILES string of the molecule is CC(=O)N(c1ccc(Cl)cc1)[C@H]1C[C@@H](C)N(C(=O)c2ccc(N(C)C)cc2)c2cc(OCCCC(=O)O)ccc21. The van der Waals surface area contributed by atoms with Gasteiger partial charge in [-0.05, 0) is 79.9 Å². The summed E-state index contributed by atoms with van der Waals surface area (Å²) in [6, 6.07) is 19.5. The number of anilines is 3. The lowest BCUT2D eigenvalue weighted by atomic mass is 9.89. The van der Waals surface area contributed by atoms with Crippen LogP contribution in [0.25, 0.3) is 0 Å². The van der Waals surface area contributed by atoms with E-state index < -0.39 is 5.97 Å². The van der Waals surface area contributed by atoms with E-state index in [4.69, 9.17) is 21.4 Å². The van der Waals surface area contributed by atoms with Gasteiger partial charge in [-0.1, -0.05) is 17.7 Å². The Morgan fingerprint density at radius 3 is 2.25 bits per heavy atom. The second kappa shape index (κ2) is 12.4. The summed E-state index contributed by atoms with van der Waals surface area (Å²) in [7, 11) is 3.89. The van der Waals surface area contributed by atoms with E-state index in [9.17, 15) is 14.4 Å². The summed E-state index contributed by atoms with van der Waals surface area (Å²) in [4.78, 5) is 43.3. The molecule has 0 saturated heterocycles. The maximum Gasteiger partial charge on any atom is 0.303 e. The van der Waals surface area contributed by atoms with Crippen molar-refractivity contribution < 1.29 is 24.2 Å². The first kappa shape index (κ1) is 29.0. The van der Waals surface area contributed by atoms with Crippen molar-refractivity contribution in [1.82, 2.24) is 0 Å². The van der Waals surface area contributed by atoms with Crippen molar-refractivity contribution in [2.24, 2.45) is 0 Å². The molecule has 1 aliphatic rings. The Hall–Kier alpha value is -4.04. The van der Waals surface area contributed by atoms with Gasteiger partial charge in [0.25, 0.3) is 5.91 Å². The highest BCUT2D eigenvalue weighted by Gasteiger charge is 2.38. The Balaban J connectivity index is 1.75. The molecular formula is C31H34ClN3O5. The number of amides is 2. The first-order chi connectivity index (χ1) is 19.1. The molecule has 2 atom stereocenters. The fraction of sp³-hybridized carbons (Fsp3) is 0.323. The number of hydrogen-bond acceptors (Lipinski definition) is 5. The Labute approximate surface area is 239 Å². The summed E-state index contributed by atoms with van der Waals surface area (Å²) >= 11 is 6.12. The zero-order valence-electron chi connectivity index (χ0n) is 23.1. The molecule has 3 aromatic carbocycles. The van der Waals surface area contributed by atoms with Crippen LogP contribution in [0.4, 0.5) is 17.1 Å². The monoisotopic (exact) mass is 563 g/mol. The molecule has 0 aromatic heterocycles. The standard InChI is InChI=1S/C31H34ClN3O5/c1-20-18-28(35(21(2)36)25-13-9-23(32)10-14-25)27-16-15-26(40-17-5-6-30(37)38)19-29(27)34(20)31(39)22-7-11-24(12-8-22)33(3)4/h7-16,19-20,28H,5-6,17-18H2,1-4H3,(H,37,38)/t20-,28+/m1/s1. The van der Waals surface area contributed by atoms with Crippen molar-refractivity contribution in [2.45, 2.75) is 45.2 Å². The summed E-state index contributed by atoms with van der Waals surface area (Å²) in [5.74, 6) is -0.632. The Kier molecular flexibility index (Phi) is 9.00. The van der Waals surface area contributed by atoms with Crippen LogP contribution in [0, 0.1) is 0 Å². The highest BCUT2D eigenvalue weighted by molar-refractivity contribution is 6.30. The average molecular weight is 564 g/mol. The van der Waals surface area contributed by atoms with Gasteiger partial charge in [-0.25, -0.2) is 0 Å². The van der Waals surface area contributed by atoms with E-state index >= 15 is 0 Å². The summed E-state index contributed by atoms with van der Waals surface area (Å²) in [5.41, 5.74) is 3.73. The molecule has 2 amide bonds. The molecule has 0 fully saturated rings. The molecule has 9 heteroatoms. The molecule has 0 aliphatic carbocycles. The fourth-order valence-corrected chi connectivity index (χ4v) is 5.21. The topological polar surface area (TPSA) is 90.4 Å². The number of ether oxygens (including phenoxy) is 1. The van der Waals surface area contributed by atoms with Gasteiger partial charge in [-0.15, -0.1) is 0 Å². The van der Waals surface area contributed by atoms with Gasteiger partial charge in [-0.3, -0.25) is 14.4 Å². The first-order valence-corrected chi connectivity index (χ1v) is 13.6. The van der Waals surface area contributed by atoms with Gasteiger partial charge < -0.3 is 24.5 Å². The van der Waals surface area contributed by atoms with Crippen molar-refractivity contribution in [2.75, 3.05) is 35.4 Å². The number of carboxylic acids is 1. The molecule has 4 rings (SSSR count). The van der Waals surface area contributed by atoms with Crippen LogP contribution in [-0.2, 0) is 9.59 Å². The molecule has 0 radical (unpaired) electrons. The molecule has 0 bridgehead atoms. The minimum absolute atomic E-state index is 0.00622. The molecule has 1 aliphatic heterocycles. The van der Waals surface area contributed by atoms with Crippen LogP contribution < -0.4 is 19.4 Å². The molecule has 3 aromatic rings. The maximum atomic E-state index is 13.9. The van der Waals surface area contributed by atoms with Crippen LogP contribution >= 0.6 is 11.6 Å². The summed E-state index contributed by atoms with van der Waals surface area (Å²) in [6.45, 7) is 3.74. The summed E-state index contributed by atoms with van der Waals surface area (Å²) in [5, 5.41) is 9.52. The highest BCUT2D eigenvalue weighted by Crippen LogP contribution is 2.44. The number of fused-ring (bicyclic) bond motifs is 1. The van der Waals surface area contributed by atoms with E-state index in [1.165, 1.54) is 6.92 Å². The van der Waals surface area contributed by atoms with Gasteiger partial charge in [0.2, 0.25) is 5.91 Å². The van der Waals surface area contributed by atoms with E-state index in [2.05, 4.69) is 0 Å². The van der Waals surface area contributed by atoms with Crippen LogP contribution in [0.15, 0.2) is 66.7 Å². The number of carboxylic acid groups (broad SMARTS) is 1. The van der Waals surface area contributed by atoms with E-state index in [1.807, 2.05) is 74.4 Å². The molecule has 1 heterocycles. The molecule has 40 heavy (non-hydrogen) atoms. The van der Waals surface area contributed by atoms with Crippen LogP contribution in [0.3, 0.4) is 0 Å². The molecule has 210 valence electrons. The number of carbonyl (C=O) groups excluding carboxylic acids is 2. The summed E-state index contributed by atoms with van der Waals surface area (Å²) in [6.07, 6.45) is 0.892. The van der Waals surface area contributed by atoms with Crippen LogP contribution in [0.5, 0.6) is 5.75 Å². The number of carbonyl (C=O) groups is 3. The first-order valence-electron chi connectivity index (χ1n) is 13.2. The lowest BCUT2D eigenvalue weighted by Crippen LogP contribution is -2.47. The average Bonchev–Trinajstić information content (AvgIpc) is 2.91. The molecule has 8 nitrogen and oxygen atoms in total. The van der Waals surface area contributed by atoms with Gasteiger partial charge in [0.15, 0.2) is 0 Å². The predicted octanol–water partition coefficient (Wildman–Crippen LogP) is 6.18. The Morgan fingerprint density at radius 1 is 1.00 bits per heavy atom. The highest BCUT2D eigenvalue weighted by atomic mass is 35.5. The second-order valence-corrected chi connectivity index (χ2v) is 10.6. The van der Waals surface area contributed by atoms with E-state index in [0.29, 0.717) is 40.6 Å². The normalized spacial score (nSPS) is 16.2. The third-order valence-corrected chi connectivity index (χ3v) is 7.29. The molecule has 0 saturated carbocycles. The van der Waals surface area contributed by atoms with Crippen molar-refractivity contribution >= 4 is 46.4 Å². The van der Waals surface area contributed by atoms with Crippen LogP contribution in [-0.4, -0.2) is 49.6 Å². The minimum Gasteiger partial charge on any atom is -0.494 e. The van der Waals surface area contributed by atoms with Crippen LogP contribution in [0.2, 0.25) is 5.02 Å². The Morgan fingerprint density at radius 2 is 1.65 bits per heavy atom. The van der Waals surface area contributed by atoms with E-state index in [1.54, 1.807) is 28.0 Å². The molecule has 1 N–H and O–H groups in total. The summed E-state index contributed by atoms with van der Waals surface area (Å²) < 4.78 is 5.87. The maximum absolute atomic E-state index is 13.9. The van der Waals surface area contributed by atoms with Gasteiger partial charge in [0.1, 0.15) is 5.75 Å². The molecule has 0 spiro atoms. The third-order valence-electron chi connectivity index (χ3n) is 7.03. The lowest BCUT2D eigenvalue weighted by Gasteiger charge is -2.43. The van der Waals surface area contributed by atoms with Crippen molar-refractivity contribution in [3.8, 4) is 5.75 Å². The number of aliphatic carboxylic acids is 1. The van der Waals surface area contributed by atoms with E-state index in [-0.39, 0.29) is 36.9 Å². The smallest absolute Gasteiger partial charge is 0.303 e. The van der Waals surface area contributed by atoms with Crippen molar-refractivity contribution in [3.63, 3.8) is 0 Å². The van der Waals surface area contributed by atoms with Crippen LogP contribution in [0.1, 0.15) is 55.1 Å². The largest absolute Gasteiger partial charge is 0.494 e. The number of nitrogens with zero attached hydrogens (tertiary/aromatic N) is 3.